The first-order chi connectivity index (χ1) is 53.4. The third-order valence-corrected chi connectivity index (χ3v) is 37.9. The van der Waals surface area contributed by atoms with Gasteiger partial charge in [0.05, 0.1) is 0 Å². The van der Waals surface area contributed by atoms with E-state index in [1.165, 1.54) is 497 Å². The fraction of sp³-hybridized carbons (Fsp3) is 0.941. The summed E-state index contributed by atoms with van der Waals surface area (Å²) in [4.78, 5) is 11.1. The van der Waals surface area contributed by atoms with E-state index in [9.17, 15) is 0 Å². The SMILES string of the molecule is CCCCCCCCC[C@H]1CC[C@H](CSc2c(SC[C@H]3CC[C@H](CCCCCCCCC)CC3)c(SC[C@H]3CC[C@H](CCCCCCCCC)CC3)c(SC[C@H]3CC[C@H](CCCCCCCCC)CC3)c(SC[C@H]3CC[C@H](CCCCCCCCC)CC3)c2SC[C@H]2CC[C@H](CCCCCCCCC)CC2)CC1. The Bertz CT molecular complexity index is 1780. The van der Waals surface area contributed by atoms with Crippen molar-refractivity contribution in [1.82, 2.24) is 0 Å². The molecule has 0 spiro atoms. The van der Waals surface area contributed by atoms with E-state index in [1.54, 1.807) is 0 Å². The van der Waals surface area contributed by atoms with E-state index in [1.807, 2.05) is 29.4 Å². The minimum Gasteiger partial charge on any atom is -0.123 e. The summed E-state index contributed by atoms with van der Waals surface area (Å²) >= 11 is 15.0. The van der Waals surface area contributed by atoms with Crippen molar-refractivity contribution in [3.63, 3.8) is 0 Å². The monoisotopic (exact) mass is 1600 g/mol. The molecule has 0 nitrogen and oxygen atoms in total. The first kappa shape index (κ1) is 96.5. The van der Waals surface area contributed by atoms with E-state index in [4.69, 9.17) is 0 Å². The predicted octanol–water partition coefficient (Wildman–Crippen LogP) is 37.9. The van der Waals surface area contributed by atoms with Crippen LogP contribution in [0.4, 0.5) is 0 Å². The van der Waals surface area contributed by atoms with Crippen LogP contribution in [-0.2, 0) is 0 Å². The number of hydrogen-bond acceptors (Lipinski definition) is 6. The predicted molar refractivity (Wildman–Crippen MR) is 499 cm³/mol. The van der Waals surface area contributed by atoms with E-state index in [0.29, 0.717) is 0 Å². The maximum Gasteiger partial charge on any atom is 0.0368 e. The molecule has 6 saturated carbocycles. The van der Waals surface area contributed by atoms with Crippen molar-refractivity contribution in [3.05, 3.63) is 0 Å². The zero-order valence-electron chi connectivity index (χ0n) is 73.5. The molecule has 108 heavy (non-hydrogen) atoms. The van der Waals surface area contributed by atoms with Crippen molar-refractivity contribution in [2.75, 3.05) is 34.5 Å². The third kappa shape index (κ3) is 42.3. The summed E-state index contributed by atoms with van der Waals surface area (Å²) in [5.41, 5.74) is 0. The zero-order valence-corrected chi connectivity index (χ0v) is 78.4. The normalized spacial score (nSPS) is 25.2. The van der Waals surface area contributed by atoms with Gasteiger partial charge in [0.2, 0.25) is 0 Å². The van der Waals surface area contributed by atoms with Gasteiger partial charge in [0, 0.05) is 63.9 Å². The molecule has 6 aliphatic rings. The summed E-state index contributed by atoms with van der Waals surface area (Å²) in [5.74, 6) is 19.4. The van der Waals surface area contributed by atoms with Gasteiger partial charge in [-0.1, -0.05) is 427 Å². The van der Waals surface area contributed by atoms with Crippen molar-refractivity contribution in [2.45, 2.75) is 533 Å². The van der Waals surface area contributed by atoms with Gasteiger partial charge in [0.1, 0.15) is 0 Å². The smallest absolute Gasteiger partial charge is 0.0368 e. The van der Waals surface area contributed by atoms with Gasteiger partial charge in [-0.25, -0.2) is 0 Å². The second-order valence-corrected chi connectivity index (χ2v) is 44.8. The summed E-state index contributed by atoms with van der Waals surface area (Å²) < 4.78 is 0. The molecule has 6 aliphatic carbocycles. The molecule has 0 saturated heterocycles. The van der Waals surface area contributed by atoms with Crippen LogP contribution < -0.4 is 0 Å². The lowest BCUT2D eigenvalue weighted by Gasteiger charge is -2.33. The molecule has 630 valence electrons. The summed E-state index contributed by atoms with van der Waals surface area (Å²) in [6.07, 6.45) is 106. The van der Waals surface area contributed by atoms with E-state index < -0.39 is 0 Å². The number of hydrogen-bond donors (Lipinski definition) is 0. The average Bonchev–Trinajstić information content (AvgIpc) is 0.762. The summed E-state index contributed by atoms with van der Waals surface area (Å²) in [6.45, 7) is 14.2. The molecule has 0 amide bonds. The number of thioether (sulfide) groups is 6. The molecule has 0 atom stereocenters. The summed E-state index contributed by atoms with van der Waals surface area (Å²) in [5, 5.41) is 0. The third-order valence-electron chi connectivity index (χ3n) is 29.1. The van der Waals surface area contributed by atoms with Crippen LogP contribution in [-0.4, -0.2) is 34.5 Å². The van der Waals surface area contributed by atoms with Gasteiger partial charge in [-0.05, 0) is 148 Å². The molecule has 7 rings (SSSR count). The van der Waals surface area contributed by atoms with Crippen LogP contribution in [0.1, 0.15) is 504 Å². The Hall–Kier alpha value is 1.32. The van der Waals surface area contributed by atoms with E-state index in [0.717, 1.165) is 71.0 Å². The lowest BCUT2D eigenvalue weighted by molar-refractivity contribution is 0.274. The summed E-state index contributed by atoms with van der Waals surface area (Å²) in [7, 11) is 0. The first-order valence-electron chi connectivity index (χ1n) is 50.4. The van der Waals surface area contributed by atoms with E-state index >= 15 is 0 Å². The van der Waals surface area contributed by atoms with Crippen molar-refractivity contribution in [3.8, 4) is 0 Å². The second-order valence-electron chi connectivity index (χ2n) is 38.6. The van der Waals surface area contributed by atoms with Crippen LogP contribution in [0, 0.1) is 71.0 Å². The van der Waals surface area contributed by atoms with Gasteiger partial charge in [-0.3, -0.25) is 0 Å². The molecule has 0 aliphatic heterocycles. The molecule has 6 heteroatoms. The van der Waals surface area contributed by atoms with Gasteiger partial charge in [-0.15, -0.1) is 70.6 Å². The lowest BCUT2D eigenvalue weighted by atomic mass is 9.80. The van der Waals surface area contributed by atoms with Crippen LogP contribution in [0.5, 0.6) is 0 Å². The fourth-order valence-electron chi connectivity index (χ4n) is 21.1. The minimum atomic E-state index is 0.879. The maximum absolute atomic E-state index is 2.49. The molecule has 1 aromatic rings. The van der Waals surface area contributed by atoms with Crippen LogP contribution in [0.2, 0.25) is 0 Å². The minimum absolute atomic E-state index is 0.879. The molecule has 0 N–H and O–H groups in total. The van der Waals surface area contributed by atoms with E-state index in [-0.39, 0.29) is 0 Å². The summed E-state index contributed by atoms with van der Waals surface area (Å²) in [6, 6.07) is 0. The highest BCUT2D eigenvalue weighted by Crippen LogP contribution is 2.58. The van der Waals surface area contributed by atoms with Gasteiger partial charge in [-0.2, -0.15) is 0 Å². The number of benzene rings is 1. The largest absolute Gasteiger partial charge is 0.123 e. The average molecular weight is 1610 g/mol. The van der Waals surface area contributed by atoms with Gasteiger partial charge < -0.3 is 0 Å². The lowest BCUT2D eigenvalue weighted by Crippen LogP contribution is -2.18. The molecule has 0 unspecified atom stereocenters. The highest BCUT2D eigenvalue weighted by molar-refractivity contribution is 8.06. The Kier molecular flexibility index (Phi) is 57.4. The van der Waals surface area contributed by atoms with Crippen LogP contribution in [0.25, 0.3) is 0 Å². The Morgan fingerprint density at radius 3 is 0.361 bits per heavy atom. The van der Waals surface area contributed by atoms with Crippen molar-refractivity contribution < 1.29 is 0 Å². The molecule has 0 aromatic heterocycles. The van der Waals surface area contributed by atoms with Crippen molar-refractivity contribution >= 4 is 70.6 Å². The van der Waals surface area contributed by atoms with Gasteiger partial charge >= 0.3 is 0 Å². The van der Waals surface area contributed by atoms with Crippen molar-refractivity contribution in [1.29, 1.82) is 0 Å². The zero-order chi connectivity index (χ0) is 75.8. The Morgan fingerprint density at radius 2 is 0.241 bits per heavy atom. The fourth-order valence-corrected chi connectivity index (χ4v) is 30.8. The topological polar surface area (TPSA) is 0 Å². The molecule has 0 bridgehead atoms. The standard InChI is InChI=1S/C102H186S6/c1-7-13-19-25-31-37-43-49-85-55-67-91(68-56-85)79-103-97-98(104-80-92-69-57-86(58-70-92)50-44-38-32-26-20-14-8-2)100(106-82-94-73-61-88(62-74-94)52-46-40-34-28-22-16-10-4)102(108-84-96-77-65-90(66-78-96)54-48-42-36-30-24-18-12-6)101(107-83-95-75-63-89(64-76-95)53-47-41-35-29-23-17-11-5)99(97)105-81-93-71-59-87(60-72-93)51-45-39-33-27-21-15-9-3/h85-96H,7-84H2,1-6H3/t85-,86-,87-,88-,89-,90-,91-,92-,93-,94-,95-,96-. The van der Waals surface area contributed by atoms with Crippen LogP contribution in [0.15, 0.2) is 29.4 Å². The Morgan fingerprint density at radius 1 is 0.139 bits per heavy atom. The quantitative estimate of drug-likeness (QED) is 0.0468. The Labute approximate surface area is 703 Å². The van der Waals surface area contributed by atoms with E-state index in [2.05, 4.69) is 112 Å². The first-order valence-corrected chi connectivity index (χ1v) is 56.3. The van der Waals surface area contributed by atoms with Crippen LogP contribution in [0.3, 0.4) is 0 Å². The molecule has 1 aromatic carbocycles. The molecular weight excluding hydrogens is 1420 g/mol. The number of unbranched alkanes of at least 4 members (excludes halogenated alkanes) is 36. The number of rotatable bonds is 66. The highest BCUT2D eigenvalue weighted by Gasteiger charge is 2.34. The maximum atomic E-state index is 2.49. The second kappa shape index (κ2) is 64.3. The molecular formula is C102H186S6. The van der Waals surface area contributed by atoms with Gasteiger partial charge in [0.25, 0.3) is 0 Å². The highest BCUT2D eigenvalue weighted by atomic mass is 32.2. The van der Waals surface area contributed by atoms with Crippen LogP contribution >= 0.6 is 70.6 Å². The molecule has 6 fully saturated rings. The molecule has 0 radical (unpaired) electrons. The Balaban J connectivity index is 1.21. The molecule has 0 heterocycles. The van der Waals surface area contributed by atoms with Gasteiger partial charge in [0.15, 0.2) is 0 Å². The van der Waals surface area contributed by atoms with Crippen molar-refractivity contribution in [2.24, 2.45) is 71.0 Å².